The van der Waals surface area contributed by atoms with Crippen LogP contribution in [0.3, 0.4) is 0 Å². The van der Waals surface area contributed by atoms with E-state index in [1.165, 1.54) is 53.5 Å². The third-order valence-electron chi connectivity index (χ3n) is 5.34. The van der Waals surface area contributed by atoms with Crippen molar-refractivity contribution in [3.8, 4) is 11.1 Å². The summed E-state index contributed by atoms with van der Waals surface area (Å²) in [4.78, 5) is 0. The van der Waals surface area contributed by atoms with Gasteiger partial charge in [-0.3, -0.25) is 0 Å². The van der Waals surface area contributed by atoms with Crippen molar-refractivity contribution in [2.75, 3.05) is 0 Å². The Morgan fingerprint density at radius 2 is 1.52 bits per heavy atom. The molecule has 0 amide bonds. The lowest BCUT2D eigenvalue weighted by Crippen LogP contribution is -2.01. The third-order valence-corrected chi connectivity index (χ3v) is 5.34. The van der Waals surface area contributed by atoms with Crippen molar-refractivity contribution in [1.82, 2.24) is 0 Å². The van der Waals surface area contributed by atoms with Gasteiger partial charge in [0.05, 0.1) is 0 Å². The molecule has 4 rings (SSSR count). The van der Waals surface area contributed by atoms with Crippen molar-refractivity contribution in [2.24, 2.45) is 0 Å². The number of benzene rings is 2. The quantitative estimate of drug-likeness (QED) is 0.517. The zero-order valence-corrected chi connectivity index (χ0v) is 13.0. The van der Waals surface area contributed by atoms with Gasteiger partial charge in [0.15, 0.2) is 0 Å². The summed E-state index contributed by atoms with van der Waals surface area (Å²) in [6, 6.07) is 13.6. The van der Waals surface area contributed by atoms with Crippen molar-refractivity contribution >= 4 is 5.57 Å². The highest BCUT2D eigenvalue weighted by atomic mass is 14.3. The second-order valence-electron chi connectivity index (χ2n) is 6.56. The van der Waals surface area contributed by atoms with Crippen LogP contribution in [0.1, 0.15) is 54.9 Å². The summed E-state index contributed by atoms with van der Waals surface area (Å²) in [6.45, 7) is 4.66. The lowest BCUT2D eigenvalue weighted by Gasteiger charge is -2.21. The van der Waals surface area contributed by atoms with Gasteiger partial charge < -0.3 is 0 Å². The van der Waals surface area contributed by atoms with Gasteiger partial charge in [-0.25, -0.2) is 0 Å². The van der Waals surface area contributed by atoms with Gasteiger partial charge >= 0.3 is 0 Å². The fourth-order valence-corrected chi connectivity index (χ4v) is 4.11. The fraction of sp³-hybridized carbons (Fsp3) is 0.333. The van der Waals surface area contributed by atoms with E-state index in [9.17, 15) is 0 Å². The van der Waals surface area contributed by atoms with E-state index in [-0.39, 0.29) is 0 Å². The van der Waals surface area contributed by atoms with Crippen LogP contribution in [0.25, 0.3) is 16.7 Å². The van der Waals surface area contributed by atoms with Crippen LogP contribution < -0.4 is 0 Å². The minimum Gasteiger partial charge on any atom is -0.0695 e. The molecule has 0 spiro atoms. The number of fused-ring (bicyclic) bond motifs is 3. The van der Waals surface area contributed by atoms with E-state index in [0.29, 0.717) is 0 Å². The molecule has 0 aliphatic heterocycles. The highest BCUT2D eigenvalue weighted by molar-refractivity contribution is 5.82. The first-order valence-electron chi connectivity index (χ1n) is 8.15. The van der Waals surface area contributed by atoms with Crippen molar-refractivity contribution < 1.29 is 0 Å². The van der Waals surface area contributed by atoms with E-state index in [1.807, 2.05) is 0 Å². The molecule has 0 nitrogen and oxygen atoms in total. The monoisotopic (exact) mass is 274 g/mol. The van der Waals surface area contributed by atoms with Gasteiger partial charge in [0.2, 0.25) is 0 Å². The van der Waals surface area contributed by atoms with Crippen molar-refractivity contribution in [3.05, 3.63) is 64.2 Å². The molecule has 0 bridgehead atoms. The van der Waals surface area contributed by atoms with Crippen LogP contribution in [0.5, 0.6) is 0 Å². The summed E-state index contributed by atoms with van der Waals surface area (Å²) in [7, 11) is 0. The summed E-state index contributed by atoms with van der Waals surface area (Å²) in [5.41, 5.74) is 12.2. The molecule has 0 radical (unpaired) electrons. The van der Waals surface area contributed by atoms with E-state index >= 15 is 0 Å². The molecule has 106 valence electrons. The number of hydrogen-bond donors (Lipinski definition) is 0. The Morgan fingerprint density at radius 3 is 2.38 bits per heavy atom. The largest absolute Gasteiger partial charge is 0.0695 e. The smallest absolute Gasteiger partial charge is 0.00106 e. The molecule has 0 N–H and O–H groups in total. The summed E-state index contributed by atoms with van der Waals surface area (Å²) in [5, 5.41) is 0. The average molecular weight is 274 g/mol. The SMILES string of the molecule is CC1=C(c2ccc3c(c2C)Cc2ccccc2-3)CCCC1. The molecule has 0 saturated heterocycles. The Balaban J connectivity index is 1.86. The van der Waals surface area contributed by atoms with Crippen LogP contribution in [-0.2, 0) is 6.42 Å². The molecule has 2 aliphatic carbocycles. The maximum Gasteiger partial charge on any atom is -0.00106 e. The lowest BCUT2D eigenvalue weighted by atomic mass is 9.84. The van der Waals surface area contributed by atoms with E-state index in [1.54, 1.807) is 16.7 Å². The van der Waals surface area contributed by atoms with Crippen molar-refractivity contribution in [1.29, 1.82) is 0 Å². The molecule has 0 heterocycles. The molecule has 0 aromatic heterocycles. The minimum absolute atomic E-state index is 1.11. The van der Waals surface area contributed by atoms with E-state index in [4.69, 9.17) is 0 Å². The molecule has 2 aromatic carbocycles. The third kappa shape index (κ3) is 1.97. The number of rotatable bonds is 1. The predicted octanol–water partition coefficient (Wildman–Crippen LogP) is 5.91. The standard InChI is InChI=1S/C21H22/c1-14-7-3-5-9-17(14)18-11-12-20-19-10-6-4-8-16(19)13-21(20)15(18)2/h4,6,8,10-12H,3,5,7,9,13H2,1-2H3. The summed E-state index contributed by atoms with van der Waals surface area (Å²) >= 11 is 0. The second-order valence-corrected chi connectivity index (χ2v) is 6.56. The van der Waals surface area contributed by atoms with Crippen LogP contribution in [-0.4, -0.2) is 0 Å². The van der Waals surface area contributed by atoms with Gasteiger partial charge in [-0.2, -0.15) is 0 Å². The van der Waals surface area contributed by atoms with Gasteiger partial charge in [0, 0.05) is 0 Å². The van der Waals surface area contributed by atoms with Gasteiger partial charge in [-0.15, -0.1) is 0 Å². The molecule has 0 saturated carbocycles. The van der Waals surface area contributed by atoms with Gasteiger partial charge in [0.1, 0.15) is 0 Å². The predicted molar refractivity (Wildman–Crippen MR) is 90.5 cm³/mol. The first kappa shape index (κ1) is 12.9. The molecule has 0 unspecified atom stereocenters. The first-order valence-corrected chi connectivity index (χ1v) is 8.15. The fourth-order valence-electron chi connectivity index (χ4n) is 4.11. The van der Waals surface area contributed by atoms with Crippen molar-refractivity contribution in [3.63, 3.8) is 0 Å². The molecular weight excluding hydrogens is 252 g/mol. The Labute approximate surface area is 127 Å². The molecule has 0 atom stereocenters. The maximum atomic E-state index is 2.38. The Bertz CT molecular complexity index is 747. The van der Waals surface area contributed by atoms with Crippen LogP contribution >= 0.6 is 0 Å². The van der Waals surface area contributed by atoms with Crippen LogP contribution in [0.2, 0.25) is 0 Å². The Hall–Kier alpha value is -1.82. The normalized spacial score (nSPS) is 16.9. The second kappa shape index (κ2) is 4.87. The van der Waals surface area contributed by atoms with E-state index in [2.05, 4.69) is 50.2 Å². The average Bonchev–Trinajstić information content (AvgIpc) is 2.89. The molecule has 0 heteroatoms. The zero-order chi connectivity index (χ0) is 14.4. The molecule has 21 heavy (non-hydrogen) atoms. The summed E-state index contributed by atoms with van der Waals surface area (Å²) in [6.07, 6.45) is 6.37. The van der Waals surface area contributed by atoms with Crippen LogP contribution in [0.15, 0.2) is 42.0 Å². The van der Waals surface area contributed by atoms with Gasteiger partial charge in [-0.1, -0.05) is 42.0 Å². The lowest BCUT2D eigenvalue weighted by molar-refractivity contribution is 0.714. The van der Waals surface area contributed by atoms with Crippen LogP contribution in [0, 0.1) is 6.92 Å². The maximum absolute atomic E-state index is 2.38. The molecule has 2 aromatic rings. The first-order chi connectivity index (χ1) is 10.3. The molecule has 0 fully saturated rings. The Kier molecular flexibility index (Phi) is 2.99. The topological polar surface area (TPSA) is 0 Å². The number of allylic oxidation sites excluding steroid dienone is 2. The van der Waals surface area contributed by atoms with E-state index in [0.717, 1.165) is 6.42 Å². The summed E-state index contributed by atoms with van der Waals surface area (Å²) < 4.78 is 0. The highest BCUT2D eigenvalue weighted by Gasteiger charge is 2.22. The van der Waals surface area contributed by atoms with Gasteiger partial charge in [-0.05, 0) is 84.9 Å². The van der Waals surface area contributed by atoms with Crippen LogP contribution in [0.4, 0.5) is 0 Å². The minimum atomic E-state index is 1.11. The number of hydrogen-bond acceptors (Lipinski definition) is 0. The summed E-state index contributed by atoms with van der Waals surface area (Å²) in [5.74, 6) is 0. The molecular formula is C21H22. The van der Waals surface area contributed by atoms with E-state index < -0.39 is 0 Å². The van der Waals surface area contributed by atoms with Gasteiger partial charge in [0.25, 0.3) is 0 Å². The Morgan fingerprint density at radius 1 is 0.762 bits per heavy atom. The zero-order valence-electron chi connectivity index (χ0n) is 13.0. The van der Waals surface area contributed by atoms with Crippen molar-refractivity contribution in [2.45, 2.75) is 46.0 Å². The molecule has 2 aliphatic rings. The highest BCUT2D eigenvalue weighted by Crippen LogP contribution is 2.42.